The molecule has 0 saturated carbocycles. The molecule has 1 aromatic rings. The predicted octanol–water partition coefficient (Wildman–Crippen LogP) is 3.06. The van der Waals surface area contributed by atoms with Gasteiger partial charge in [0.15, 0.2) is 0 Å². The summed E-state index contributed by atoms with van der Waals surface area (Å²) in [5.41, 5.74) is 7.39. The van der Waals surface area contributed by atoms with Gasteiger partial charge in [-0.05, 0) is 50.4 Å². The van der Waals surface area contributed by atoms with Crippen molar-refractivity contribution in [3.05, 3.63) is 29.8 Å². The number of nitrogens with two attached hydrogens (primary N) is 1. The van der Waals surface area contributed by atoms with Crippen LogP contribution < -0.4 is 10.5 Å². The topological polar surface area (TPSA) is 38.5 Å². The van der Waals surface area contributed by atoms with Gasteiger partial charge in [0.05, 0.1) is 6.10 Å². The Labute approximate surface area is 128 Å². The summed E-state index contributed by atoms with van der Waals surface area (Å²) in [5.74, 6) is 1.55. The van der Waals surface area contributed by atoms with Crippen molar-refractivity contribution < 1.29 is 4.74 Å². The minimum Gasteiger partial charge on any atom is -0.491 e. The van der Waals surface area contributed by atoms with Gasteiger partial charge in [-0.1, -0.05) is 19.1 Å². The van der Waals surface area contributed by atoms with Gasteiger partial charge in [0.2, 0.25) is 0 Å². The molecule has 0 amide bonds. The summed E-state index contributed by atoms with van der Waals surface area (Å²) in [5, 5.41) is 0. The summed E-state index contributed by atoms with van der Waals surface area (Å²) in [7, 11) is 0. The Morgan fingerprint density at radius 2 is 2.15 bits per heavy atom. The normalized spacial score (nSPS) is 23.4. The Hall–Kier alpha value is -0.770. The van der Waals surface area contributed by atoms with Crippen LogP contribution in [0.3, 0.4) is 0 Å². The zero-order valence-electron chi connectivity index (χ0n) is 12.7. The molecule has 1 aliphatic heterocycles. The van der Waals surface area contributed by atoms with Gasteiger partial charge in [0.25, 0.3) is 0 Å². The van der Waals surface area contributed by atoms with Gasteiger partial charge < -0.3 is 10.5 Å². The smallest absolute Gasteiger partial charge is 0.120 e. The van der Waals surface area contributed by atoms with E-state index in [9.17, 15) is 0 Å². The van der Waals surface area contributed by atoms with Crippen molar-refractivity contribution in [2.24, 2.45) is 11.7 Å². The lowest BCUT2D eigenvalue weighted by molar-refractivity contribution is 0.157. The zero-order chi connectivity index (χ0) is 13.8. The van der Waals surface area contributed by atoms with E-state index < -0.39 is 0 Å². The molecule has 114 valence electrons. The molecule has 1 aliphatic rings. The molecule has 3 nitrogen and oxygen atoms in total. The predicted molar refractivity (Wildman–Crippen MR) is 86.5 cm³/mol. The molecule has 1 saturated heterocycles. The fourth-order valence-electron chi connectivity index (χ4n) is 2.64. The lowest BCUT2D eigenvalue weighted by Gasteiger charge is -2.35. The monoisotopic (exact) mass is 298 g/mol. The molecule has 2 atom stereocenters. The molecular weight excluding hydrogens is 272 g/mol. The van der Waals surface area contributed by atoms with Crippen molar-refractivity contribution >= 4 is 12.4 Å². The third-order valence-electron chi connectivity index (χ3n) is 3.73. The number of rotatable bonds is 4. The fourth-order valence-corrected chi connectivity index (χ4v) is 2.64. The molecule has 2 rings (SSSR count). The molecule has 2 N–H and O–H groups in total. The average Bonchev–Trinajstić information content (AvgIpc) is 2.33. The van der Waals surface area contributed by atoms with Gasteiger partial charge in [-0.2, -0.15) is 0 Å². The van der Waals surface area contributed by atoms with E-state index in [4.69, 9.17) is 10.5 Å². The Balaban J connectivity index is 0.00000200. The number of ether oxygens (including phenoxy) is 1. The van der Waals surface area contributed by atoms with Crippen LogP contribution in [0, 0.1) is 5.92 Å². The van der Waals surface area contributed by atoms with E-state index >= 15 is 0 Å². The van der Waals surface area contributed by atoms with Crippen LogP contribution >= 0.6 is 12.4 Å². The van der Waals surface area contributed by atoms with Gasteiger partial charge in [0, 0.05) is 19.1 Å². The van der Waals surface area contributed by atoms with Crippen LogP contribution in [0.5, 0.6) is 5.75 Å². The lowest BCUT2D eigenvalue weighted by atomic mass is 9.94. The average molecular weight is 299 g/mol. The van der Waals surface area contributed by atoms with Crippen LogP contribution in [0.15, 0.2) is 24.3 Å². The first-order valence-corrected chi connectivity index (χ1v) is 7.28. The van der Waals surface area contributed by atoms with Crippen LogP contribution in [0.25, 0.3) is 0 Å². The van der Waals surface area contributed by atoms with Crippen LogP contribution in [0.2, 0.25) is 0 Å². The van der Waals surface area contributed by atoms with Crippen molar-refractivity contribution in [1.29, 1.82) is 0 Å². The number of benzene rings is 1. The molecule has 0 aliphatic carbocycles. The number of nitrogens with zero attached hydrogens (tertiary/aromatic N) is 1. The number of piperidine rings is 1. The first-order valence-electron chi connectivity index (χ1n) is 7.28. The van der Waals surface area contributed by atoms with Crippen LogP contribution in [0.1, 0.15) is 32.8 Å². The fraction of sp³-hybridized carbons (Fsp3) is 0.625. The highest BCUT2D eigenvalue weighted by Crippen LogP contribution is 2.20. The first-order chi connectivity index (χ1) is 9.04. The highest BCUT2D eigenvalue weighted by Gasteiger charge is 2.22. The minimum atomic E-state index is 0. The van der Waals surface area contributed by atoms with Gasteiger partial charge in [0.1, 0.15) is 5.75 Å². The zero-order valence-corrected chi connectivity index (χ0v) is 13.5. The van der Waals surface area contributed by atoms with E-state index in [0.29, 0.717) is 12.0 Å². The molecule has 4 heteroatoms. The third kappa shape index (κ3) is 4.97. The highest BCUT2D eigenvalue weighted by atomic mass is 35.5. The lowest BCUT2D eigenvalue weighted by Crippen LogP contribution is -2.45. The molecule has 1 heterocycles. The van der Waals surface area contributed by atoms with E-state index in [1.54, 1.807) is 0 Å². The van der Waals surface area contributed by atoms with Gasteiger partial charge >= 0.3 is 0 Å². The van der Waals surface area contributed by atoms with Crippen LogP contribution in [0.4, 0.5) is 0 Å². The maximum atomic E-state index is 6.07. The Kier molecular flexibility index (Phi) is 6.80. The summed E-state index contributed by atoms with van der Waals surface area (Å²) in [4.78, 5) is 2.49. The highest BCUT2D eigenvalue weighted by molar-refractivity contribution is 5.85. The van der Waals surface area contributed by atoms with Crippen molar-refractivity contribution in [1.82, 2.24) is 4.90 Å². The second kappa shape index (κ2) is 7.87. The van der Waals surface area contributed by atoms with Crippen LogP contribution in [-0.2, 0) is 6.54 Å². The van der Waals surface area contributed by atoms with E-state index in [1.165, 1.54) is 5.56 Å². The van der Waals surface area contributed by atoms with E-state index in [0.717, 1.165) is 31.8 Å². The maximum absolute atomic E-state index is 6.07. The summed E-state index contributed by atoms with van der Waals surface area (Å²) in [6.45, 7) is 9.54. The molecule has 0 radical (unpaired) electrons. The largest absolute Gasteiger partial charge is 0.491 e. The van der Waals surface area contributed by atoms with Crippen molar-refractivity contribution in [3.63, 3.8) is 0 Å². The summed E-state index contributed by atoms with van der Waals surface area (Å²) in [6.07, 6.45) is 1.33. The maximum Gasteiger partial charge on any atom is 0.120 e. The number of hydrogen-bond donors (Lipinski definition) is 1. The van der Waals surface area contributed by atoms with Crippen LogP contribution in [-0.4, -0.2) is 30.1 Å². The molecule has 20 heavy (non-hydrogen) atoms. The van der Waals surface area contributed by atoms with Crippen molar-refractivity contribution in [3.8, 4) is 5.75 Å². The third-order valence-corrected chi connectivity index (χ3v) is 3.73. The number of likely N-dealkylation sites (tertiary alicyclic amines) is 1. The first kappa shape index (κ1) is 17.3. The summed E-state index contributed by atoms with van der Waals surface area (Å²) < 4.78 is 5.74. The molecule has 1 aromatic carbocycles. The molecular formula is C16H27ClN2O. The molecule has 0 bridgehead atoms. The van der Waals surface area contributed by atoms with Gasteiger partial charge in [-0.25, -0.2) is 0 Å². The van der Waals surface area contributed by atoms with Crippen molar-refractivity contribution in [2.45, 2.75) is 45.9 Å². The van der Waals surface area contributed by atoms with Gasteiger partial charge in [-0.3, -0.25) is 4.90 Å². The van der Waals surface area contributed by atoms with Gasteiger partial charge in [-0.15, -0.1) is 12.4 Å². The van der Waals surface area contributed by atoms with E-state index in [2.05, 4.69) is 43.9 Å². The standard InChI is InChI=1S/C16H26N2O.ClH/c1-12(2)19-15-6-4-5-14(9-15)11-18-8-7-16(17)13(3)10-18;/h4-6,9,12-13,16H,7-8,10-11,17H2,1-3H3;1H. The second-order valence-electron chi connectivity index (χ2n) is 5.98. The minimum absolute atomic E-state index is 0. The Morgan fingerprint density at radius 1 is 1.40 bits per heavy atom. The number of hydrogen-bond acceptors (Lipinski definition) is 3. The van der Waals surface area contributed by atoms with Crippen molar-refractivity contribution in [2.75, 3.05) is 13.1 Å². The summed E-state index contributed by atoms with van der Waals surface area (Å²) in [6, 6.07) is 8.79. The van der Waals surface area contributed by atoms with E-state index in [1.807, 2.05) is 6.07 Å². The Bertz CT molecular complexity index is 411. The van der Waals surface area contributed by atoms with E-state index in [-0.39, 0.29) is 18.5 Å². The number of halogens is 1. The Morgan fingerprint density at radius 3 is 2.80 bits per heavy atom. The molecule has 2 unspecified atom stereocenters. The molecule has 0 aromatic heterocycles. The summed E-state index contributed by atoms with van der Waals surface area (Å²) >= 11 is 0. The molecule has 0 spiro atoms. The SMILES string of the molecule is CC(C)Oc1cccc(CN2CCC(N)C(C)C2)c1.Cl. The second-order valence-corrected chi connectivity index (χ2v) is 5.98. The molecule has 1 fully saturated rings. The quantitative estimate of drug-likeness (QED) is 0.928.